The van der Waals surface area contributed by atoms with E-state index in [0.29, 0.717) is 13.0 Å². The summed E-state index contributed by atoms with van der Waals surface area (Å²) >= 11 is 0. The smallest absolute Gasteiger partial charge is 0.397 e. The molecule has 412 valence electrons. The monoisotopic (exact) mass is 1030 g/mol. The molecular formula is C59H98O12S. The highest BCUT2D eigenvalue weighted by Crippen LogP contribution is 2.26. The van der Waals surface area contributed by atoms with Crippen molar-refractivity contribution >= 4 is 16.4 Å². The van der Waals surface area contributed by atoms with Gasteiger partial charge in [-0.1, -0.05) is 194 Å². The van der Waals surface area contributed by atoms with Gasteiger partial charge in [0.1, 0.15) is 30.5 Å². The van der Waals surface area contributed by atoms with Crippen LogP contribution in [0, 0.1) is 0 Å². The molecule has 0 aromatic heterocycles. The molecule has 0 radical (unpaired) electrons. The van der Waals surface area contributed by atoms with Gasteiger partial charge in [-0.05, 0) is 103 Å². The average molecular weight is 1030 g/mol. The van der Waals surface area contributed by atoms with Crippen LogP contribution in [0.15, 0.2) is 109 Å². The molecule has 0 saturated carbocycles. The number of aliphatic hydroxyl groups excluding tert-OH is 3. The molecule has 1 heterocycles. The Kier molecular flexibility index (Phi) is 45.2. The molecule has 1 rings (SSSR count). The van der Waals surface area contributed by atoms with Crippen molar-refractivity contribution in [2.24, 2.45) is 0 Å². The van der Waals surface area contributed by atoms with Crippen LogP contribution in [-0.4, -0.2) is 97.5 Å². The van der Waals surface area contributed by atoms with E-state index in [2.05, 4.69) is 127 Å². The number of ether oxygens (including phenoxy) is 4. The van der Waals surface area contributed by atoms with Gasteiger partial charge in [0.25, 0.3) is 0 Å². The lowest BCUT2D eigenvalue weighted by Crippen LogP contribution is -2.60. The summed E-state index contributed by atoms with van der Waals surface area (Å²) in [5, 5.41) is 30.8. The van der Waals surface area contributed by atoms with E-state index in [1.165, 1.54) is 64.2 Å². The fraction of sp³-hybridized carbons (Fsp3) is 0.678. The predicted octanol–water partition coefficient (Wildman–Crippen LogP) is 13.5. The molecule has 1 aliphatic rings. The minimum absolute atomic E-state index is 0.00274. The Morgan fingerprint density at radius 1 is 0.542 bits per heavy atom. The van der Waals surface area contributed by atoms with Crippen molar-refractivity contribution in [1.82, 2.24) is 0 Å². The number of unbranched alkanes of at least 4 members (excludes halogenated alkanes) is 16. The Bertz CT molecular complexity index is 1660. The minimum Gasteiger partial charge on any atom is -0.457 e. The highest BCUT2D eigenvalue weighted by atomic mass is 32.3. The molecule has 6 unspecified atom stereocenters. The van der Waals surface area contributed by atoms with Gasteiger partial charge in [-0.25, -0.2) is 4.18 Å². The van der Waals surface area contributed by atoms with Gasteiger partial charge in [-0.15, -0.1) is 0 Å². The maximum Gasteiger partial charge on any atom is 0.397 e. The van der Waals surface area contributed by atoms with E-state index in [4.69, 9.17) is 18.9 Å². The zero-order chi connectivity index (χ0) is 52.4. The number of hydrogen-bond donors (Lipinski definition) is 4. The molecule has 0 aromatic rings. The summed E-state index contributed by atoms with van der Waals surface area (Å²) in [6.07, 6.45) is 59.7. The van der Waals surface area contributed by atoms with E-state index in [-0.39, 0.29) is 19.6 Å². The minimum atomic E-state index is -5.08. The zero-order valence-corrected chi connectivity index (χ0v) is 45.3. The first-order chi connectivity index (χ1) is 35.1. The summed E-state index contributed by atoms with van der Waals surface area (Å²) in [5.41, 5.74) is 0. The van der Waals surface area contributed by atoms with E-state index in [0.717, 1.165) is 103 Å². The first kappa shape index (κ1) is 66.8. The number of allylic oxidation sites excluding steroid dienone is 18. The maximum absolute atomic E-state index is 12.9. The SMILES string of the molecule is CC/C=C\C/C=C\C/C=C\C/C=C\C/C=C\C/C=C\CCCCCOCC(COC1OC(CO)C(O)C(OS(=O)(=O)O)C1O)OC(=O)CCCCCCCCCC/C=C\C/C=C\C/C=C\CCCCCCC. The summed E-state index contributed by atoms with van der Waals surface area (Å²) < 4.78 is 59.3. The van der Waals surface area contributed by atoms with Crippen molar-refractivity contribution in [3.63, 3.8) is 0 Å². The molecule has 0 aliphatic carbocycles. The number of carbonyl (C=O) groups is 1. The summed E-state index contributed by atoms with van der Waals surface area (Å²) in [6, 6.07) is 0. The van der Waals surface area contributed by atoms with Crippen molar-refractivity contribution in [1.29, 1.82) is 0 Å². The van der Waals surface area contributed by atoms with Gasteiger partial charge in [-0.2, -0.15) is 8.42 Å². The Hall–Kier alpha value is -3.24. The van der Waals surface area contributed by atoms with Gasteiger partial charge in [0.15, 0.2) is 6.29 Å². The van der Waals surface area contributed by atoms with E-state index in [9.17, 15) is 33.1 Å². The number of rotatable bonds is 47. The third-order valence-corrected chi connectivity index (χ3v) is 12.3. The second-order valence-corrected chi connectivity index (χ2v) is 19.5. The molecule has 1 aliphatic heterocycles. The van der Waals surface area contributed by atoms with Crippen LogP contribution in [0.2, 0.25) is 0 Å². The van der Waals surface area contributed by atoms with Crippen molar-refractivity contribution in [2.75, 3.05) is 26.4 Å². The number of hydrogen-bond acceptors (Lipinski definition) is 11. The molecule has 0 bridgehead atoms. The van der Waals surface area contributed by atoms with Crippen LogP contribution in [0.4, 0.5) is 0 Å². The molecule has 4 N–H and O–H groups in total. The van der Waals surface area contributed by atoms with Crippen molar-refractivity contribution in [2.45, 2.75) is 230 Å². The highest BCUT2D eigenvalue weighted by Gasteiger charge is 2.48. The molecule has 1 saturated heterocycles. The quantitative estimate of drug-likeness (QED) is 0.0197. The maximum atomic E-state index is 12.9. The van der Waals surface area contributed by atoms with Crippen LogP contribution < -0.4 is 0 Å². The van der Waals surface area contributed by atoms with Crippen LogP contribution in [0.5, 0.6) is 0 Å². The Labute approximate surface area is 437 Å². The van der Waals surface area contributed by atoms with E-state index >= 15 is 0 Å². The van der Waals surface area contributed by atoms with E-state index in [1.54, 1.807) is 0 Å². The second-order valence-electron chi connectivity index (χ2n) is 18.4. The second kappa shape index (κ2) is 48.7. The van der Waals surface area contributed by atoms with E-state index < -0.39 is 59.8 Å². The first-order valence-corrected chi connectivity index (χ1v) is 29.0. The molecule has 1 fully saturated rings. The van der Waals surface area contributed by atoms with Crippen LogP contribution in [0.3, 0.4) is 0 Å². The number of aliphatic hydroxyl groups is 3. The van der Waals surface area contributed by atoms with Crippen molar-refractivity contribution in [3.05, 3.63) is 109 Å². The Morgan fingerprint density at radius 2 is 0.958 bits per heavy atom. The van der Waals surface area contributed by atoms with Crippen LogP contribution in [0.1, 0.15) is 194 Å². The summed E-state index contributed by atoms with van der Waals surface area (Å²) in [6.45, 7) is 3.77. The first-order valence-electron chi connectivity index (χ1n) is 27.6. The van der Waals surface area contributed by atoms with Gasteiger partial charge in [0, 0.05) is 13.0 Å². The third-order valence-electron chi connectivity index (χ3n) is 11.9. The average Bonchev–Trinajstić information content (AvgIpc) is 3.36. The van der Waals surface area contributed by atoms with Gasteiger partial charge in [-0.3, -0.25) is 9.35 Å². The zero-order valence-electron chi connectivity index (χ0n) is 44.4. The van der Waals surface area contributed by atoms with Crippen molar-refractivity contribution in [3.8, 4) is 0 Å². The fourth-order valence-electron chi connectivity index (χ4n) is 7.74. The number of esters is 1. The Balaban J connectivity index is 2.38. The standard InChI is InChI=1S/C59H98O12S/c1-3-5-7-9-11-13-15-17-19-21-23-25-27-28-30-32-34-36-38-40-42-44-46-48-55(61)69-53(52-68-59-57(63)58(71-72(64,65)66)56(62)54(50-60)70-59)51-67-49-47-45-43-41-39-37-35-33-31-29-26-24-22-20-18-16-14-12-10-8-6-4-2/h6,8,12,14-15,17-18,20-21,23-24,26-28,31,33,37,39,53-54,56-60,62-63H,3-5,7,9-11,13,16,19,22,25,29-30,32,34-36,38,40-52H2,1-2H3,(H,64,65,66)/b8-6-,14-12-,17-15-,20-18-,23-21-,26-24-,28-27-,33-31-,39-37-. The molecule has 13 heteroatoms. The van der Waals surface area contributed by atoms with Gasteiger partial charge < -0.3 is 34.3 Å². The van der Waals surface area contributed by atoms with Crippen LogP contribution in [0.25, 0.3) is 0 Å². The predicted molar refractivity (Wildman–Crippen MR) is 294 cm³/mol. The lowest BCUT2D eigenvalue weighted by atomic mass is 9.99. The lowest BCUT2D eigenvalue weighted by molar-refractivity contribution is -0.301. The normalized spacial score (nSPS) is 19.8. The largest absolute Gasteiger partial charge is 0.457 e. The Morgan fingerprint density at radius 3 is 1.40 bits per heavy atom. The molecule has 0 amide bonds. The molecule has 0 spiro atoms. The lowest BCUT2D eigenvalue weighted by Gasteiger charge is -2.41. The molecular weight excluding hydrogens is 933 g/mol. The van der Waals surface area contributed by atoms with Gasteiger partial charge in [0.05, 0.1) is 19.8 Å². The van der Waals surface area contributed by atoms with Crippen molar-refractivity contribution < 1.29 is 56.2 Å². The third kappa shape index (κ3) is 41.1. The topological polar surface area (TPSA) is 178 Å². The summed E-state index contributed by atoms with van der Waals surface area (Å²) in [4.78, 5) is 12.9. The van der Waals surface area contributed by atoms with Crippen LogP contribution >= 0.6 is 0 Å². The highest BCUT2D eigenvalue weighted by molar-refractivity contribution is 7.80. The van der Waals surface area contributed by atoms with Gasteiger partial charge in [0.2, 0.25) is 0 Å². The molecule has 6 atom stereocenters. The molecule has 0 aromatic carbocycles. The molecule has 12 nitrogen and oxygen atoms in total. The summed E-state index contributed by atoms with van der Waals surface area (Å²) in [5.74, 6) is -0.422. The molecule has 72 heavy (non-hydrogen) atoms. The summed E-state index contributed by atoms with van der Waals surface area (Å²) in [7, 11) is -5.08. The number of carbonyl (C=O) groups excluding carboxylic acids is 1. The van der Waals surface area contributed by atoms with Crippen LogP contribution in [-0.2, 0) is 38.3 Å². The van der Waals surface area contributed by atoms with E-state index in [1.807, 2.05) is 0 Å². The fourth-order valence-corrected chi connectivity index (χ4v) is 8.25. The van der Waals surface area contributed by atoms with Gasteiger partial charge >= 0.3 is 16.4 Å².